The van der Waals surface area contributed by atoms with E-state index in [9.17, 15) is 9.90 Å². The number of para-hydroxylation sites is 1. The van der Waals surface area contributed by atoms with Crippen molar-refractivity contribution in [1.29, 1.82) is 0 Å². The van der Waals surface area contributed by atoms with E-state index in [0.29, 0.717) is 17.9 Å². The highest BCUT2D eigenvalue weighted by Gasteiger charge is 2.28. The van der Waals surface area contributed by atoms with Crippen LogP contribution in [0, 0.1) is 12.8 Å². The Labute approximate surface area is 191 Å². The number of amides is 1. The Bertz CT molecular complexity index is 1230. The molecule has 0 saturated heterocycles. The number of hydrogen-bond acceptors (Lipinski definition) is 6. The molecule has 0 spiro atoms. The van der Waals surface area contributed by atoms with Crippen LogP contribution in [-0.2, 0) is 17.8 Å². The van der Waals surface area contributed by atoms with Crippen LogP contribution in [0.5, 0.6) is 5.75 Å². The van der Waals surface area contributed by atoms with Crippen LogP contribution < -0.4 is 10.2 Å². The summed E-state index contributed by atoms with van der Waals surface area (Å²) >= 11 is 0. The summed E-state index contributed by atoms with van der Waals surface area (Å²) in [5.41, 5.74) is 5.94. The van der Waals surface area contributed by atoms with Crippen LogP contribution in [-0.4, -0.2) is 26.2 Å². The minimum absolute atomic E-state index is 0.253. The van der Waals surface area contributed by atoms with Gasteiger partial charge in [0.25, 0.3) is 0 Å². The van der Waals surface area contributed by atoms with Gasteiger partial charge in [0.05, 0.1) is 17.5 Å². The molecule has 0 saturated carbocycles. The normalized spacial score (nSPS) is 12.8. The van der Waals surface area contributed by atoms with Crippen LogP contribution in [0.1, 0.15) is 28.5 Å². The van der Waals surface area contributed by atoms with Crippen molar-refractivity contribution < 1.29 is 19.8 Å². The molecule has 2 heterocycles. The third-order valence-electron chi connectivity index (χ3n) is 5.58. The van der Waals surface area contributed by atoms with Crippen molar-refractivity contribution in [2.45, 2.75) is 26.1 Å². The number of aromatic nitrogens is 2. The fourth-order valence-corrected chi connectivity index (χ4v) is 3.87. The van der Waals surface area contributed by atoms with E-state index in [4.69, 9.17) is 9.94 Å². The first-order chi connectivity index (χ1) is 16.0. The van der Waals surface area contributed by atoms with E-state index < -0.39 is 17.9 Å². The minimum atomic E-state index is -1.11. The zero-order valence-corrected chi connectivity index (χ0v) is 18.2. The van der Waals surface area contributed by atoms with Gasteiger partial charge >= 0.3 is 0 Å². The van der Waals surface area contributed by atoms with Crippen LogP contribution in [0.3, 0.4) is 0 Å². The summed E-state index contributed by atoms with van der Waals surface area (Å²) in [6.07, 6.45) is 2.39. The predicted molar refractivity (Wildman–Crippen MR) is 124 cm³/mol. The number of aliphatic hydroxyl groups excluding tert-OH is 1. The third kappa shape index (κ3) is 5.34. The SMILES string of the molecule is Cc1cc(COc2ccc(C(O)C(Cc3ccncc3)C(=O)NO)cc2)c2ccccc2n1. The Morgan fingerprint density at radius 3 is 2.52 bits per heavy atom. The van der Waals surface area contributed by atoms with Crippen molar-refractivity contribution in [2.75, 3.05) is 0 Å². The monoisotopic (exact) mass is 443 g/mol. The molecule has 33 heavy (non-hydrogen) atoms. The van der Waals surface area contributed by atoms with Crippen molar-refractivity contribution in [3.63, 3.8) is 0 Å². The van der Waals surface area contributed by atoms with Crippen LogP contribution in [0.4, 0.5) is 0 Å². The second-order valence-electron chi connectivity index (χ2n) is 7.88. The first kappa shape index (κ1) is 22.4. The van der Waals surface area contributed by atoms with Gasteiger partial charge in [-0.1, -0.05) is 30.3 Å². The summed E-state index contributed by atoms with van der Waals surface area (Å²) in [6, 6.07) is 20.5. The lowest BCUT2D eigenvalue weighted by Gasteiger charge is -2.22. The standard InChI is InChI=1S/C26H25N3O4/c1-17-14-20(22-4-2-3-5-24(22)28-17)16-33-21-8-6-19(7-9-21)25(30)23(26(31)29-32)15-18-10-12-27-13-11-18/h2-14,23,25,30,32H,15-16H2,1H3,(H,29,31). The number of nitrogens with zero attached hydrogens (tertiary/aromatic N) is 2. The molecule has 1 amide bonds. The van der Waals surface area contributed by atoms with Gasteiger partial charge in [0.2, 0.25) is 5.91 Å². The molecule has 2 atom stereocenters. The minimum Gasteiger partial charge on any atom is -0.489 e. The molecule has 7 nitrogen and oxygen atoms in total. The van der Waals surface area contributed by atoms with Crippen molar-refractivity contribution >= 4 is 16.8 Å². The zero-order valence-electron chi connectivity index (χ0n) is 18.2. The second-order valence-corrected chi connectivity index (χ2v) is 7.88. The molecule has 2 aromatic heterocycles. The van der Waals surface area contributed by atoms with Crippen molar-refractivity contribution in [3.8, 4) is 5.75 Å². The summed E-state index contributed by atoms with van der Waals surface area (Å²) in [6.45, 7) is 2.33. The molecule has 0 aliphatic heterocycles. The zero-order chi connectivity index (χ0) is 23.2. The van der Waals surface area contributed by atoms with Gasteiger partial charge in [0.15, 0.2) is 0 Å². The van der Waals surface area contributed by atoms with Gasteiger partial charge in [-0.3, -0.25) is 20.0 Å². The molecule has 168 valence electrons. The number of rotatable bonds is 8. The molecular weight excluding hydrogens is 418 g/mol. The molecular formula is C26H25N3O4. The number of nitrogens with one attached hydrogen (secondary N) is 1. The number of ether oxygens (including phenoxy) is 1. The van der Waals surface area contributed by atoms with Crippen LogP contribution in [0.2, 0.25) is 0 Å². The lowest BCUT2D eigenvalue weighted by atomic mass is 9.89. The van der Waals surface area contributed by atoms with Crippen LogP contribution >= 0.6 is 0 Å². The number of fused-ring (bicyclic) bond motifs is 1. The number of hydrogen-bond donors (Lipinski definition) is 3. The number of benzene rings is 2. The summed E-state index contributed by atoms with van der Waals surface area (Å²) in [4.78, 5) is 20.7. The highest BCUT2D eigenvalue weighted by molar-refractivity contribution is 5.82. The fraction of sp³-hybridized carbons (Fsp3) is 0.192. The lowest BCUT2D eigenvalue weighted by molar-refractivity contribution is -0.137. The molecule has 0 radical (unpaired) electrons. The highest BCUT2D eigenvalue weighted by Crippen LogP contribution is 2.28. The van der Waals surface area contributed by atoms with Crippen LogP contribution in [0.15, 0.2) is 79.1 Å². The average Bonchev–Trinajstić information content (AvgIpc) is 2.86. The van der Waals surface area contributed by atoms with Gasteiger partial charge in [0, 0.05) is 29.0 Å². The maximum atomic E-state index is 12.2. The van der Waals surface area contributed by atoms with E-state index in [0.717, 1.165) is 27.7 Å². The molecule has 0 bridgehead atoms. The Morgan fingerprint density at radius 2 is 1.79 bits per heavy atom. The largest absolute Gasteiger partial charge is 0.489 e. The number of pyridine rings is 2. The number of carbonyl (C=O) groups is 1. The van der Waals surface area contributed by atoms with Gasteiger partial charge in [-0.25, -0.2) is 5.48 Å². The maximum Gasteiger partial charge on any atom is 0.249 e. The quantitative estimate of drug-likeness (QED) is 0.282. The highest BCUT2D eigenvalue weighted by atomic mass is 16.5. The third-order valence-corrected chi connectivity index (χ3v) is 5.58. The Kier molecular flexibility index (Phi) is 6.92. The lowest BCUT2D eigenvalue weighted by Crippen LogP contribution is -2.33. The first-order valence-electron chi connectivity index (χ1n) is 10.6. The topological polar surface area (TPSA) is 105 Å². The number of hydroxylamine groups is 1. The van der Waals surface area contributed by atoms with E-state index >= 15 is 0 Å². The molecule has 0 aliphatic carbocycles. The molecule has 4 aromatic rings. The van der Waals surface area contributed by atoms with Crippen molar-refractivity contribution in [1.82, 2.24) is 15.4 Å². The molecule has 7 heteroatoms. The maximum absolute atomic E-state index is 12.2. The summed E-state index contributed by atoms with van der Waals surface area (Å²) < 4.78 is 5.98. The second kappa shape index (κ2) is 10.2. The summed E-state index contributed by atoms with van der Waals surface area (Å²) in [5, 5.41) is 21.0. The Morgan fingerprint density at radius 1 is 1.06 bits per heavy atom. The molecule has 2 unspecified atom stereocenters. The van der Waals surface area contributed by atoms with Gasteiger partial charge in [0.1, 0.15) is 12.4 Å². The molecule has 0 fully saturated rings. The number of aliphatic hydroxyl groups is 1. The van der Waals surface area contributed by atoms with Crippen molar-refractivity contribution in [2.24, 2.45) is 5.92 Å². The van der Waals surface area contributed by atoms with Crippen molar-refractivity contribution in [3.05, 3.63) is 102 Å². The summed E-state index contributed by atoms with van der Waals surface area (Å²) in [5.74, 6) is -0.878. The summed E-state index contributed by atoms with van der Waals surface area (Å²) in [7, 11) is 0. The van der Waals surface area contributed by atoms with E-state index in [-0.39, 0.29) is 6.42 Å². The predicted octanol–water partition coefficient (Wildman–Crippen LogP) is 3.91. The molecule has 2 aromatic carbocycles. The number of carbonyl (C=O) groups excluding carboxylic acids is 1. The van der Waals surface area contributed by atoms with Gasteiger partial charge < -0.3 is 9.84 Å². The first-order valence-corrected chi connectivity index (χ1v) is 10.6. The van der Waals surface area contributed by atoms with Gasteiger partial charge in [-0.2, -0.15) is 0 Å². The Balaban J connectivity index is 1.47. The average molecular weight is 444 g/mol. The van der Waals surface area contributed by atoms with Crippen LogP contribution in [0.25, 0.3) is 10.9 Å². The fourth-order valence-electron chi connectivity index (χ4n) is 3.87. The molecule has 4 rings (SSSR count). The molecule has 0 aliphatic rings. The van der Waals surface area contributed by atoms with E-state index in [1.165, 1.54) is 0 Å². The van der Waals surface area contributed by atoms with E-state index in [1.807, 2.05) is 37.3 Å². The molecule has 3 N–H and O–H groups in total. The number of aryl methyl sites for hydroxylation is 1. The van der Waals surface area contributed by atoms with E-state index in [1.54, 1.807) is 54.3 Å². The Hall–Kier alpha value is -3.81. The van der Waals surface area contributed by atoms with Gasteiger partial charge in [-0.15, -0.1) is 0 Å². The smallest absolute Gasteiger partial charge is 0.249 e. The van der Waals surface area contributed by atoms with E-state index in [2.05, 4.69) is 9.97 Å². The van der Waals surface area contributed by atoms with Gasteiger partial charge in [-0.05, 0) is 60.9 Å².